The van der Waals surface area contributed by atoms with Crippen molar-refractivity contribution in [1.82, 2.24) is 0 Å². The summed E-state index contributed by atoms with van der Waals surface area (Å²) in [7, 11) is 0. The van der Waals surface area contributed by atoms with Crippen LogP contribution in [0.5, 0.6) is 0 Å². The third-order valence-corrected chi connectivity index (χ3v) is 2.02. The highest BCUT2D eigenvalue weighted by Gasteiger charge is 2.12. The Morgan fingerprint density at radius 2 is 2.25 bits per heavy atom. The number of rotatable bonds is 1. The second kappa shape index (κ2) is 3.65. The molecule has 1 aromatic carbocycles. The van der Waals surface area contributed by atoms with E-state index >= 15 is 0 Å². The highest BCUT2D eigenvalue weighted by Crippen LogP contribution is 2.28. The maximum absolute atomic E-state index is 5.35. The molecule has 0 unspecified atom stereocenters. The SMILES string of the molecule is Cl.NNc1cccc2c1CCN2. The third kappa shape index (κ3) is 1.33. The fourth-order valence-corrected chi connectivity index (χ4v) is 1.48. The van der Waals surface area contributed by atoms with E-state index in [0.29, 0.717) is 0 Å². The second-order valence-corrected chi connectivity index (χ2v) is 2.65. The first-order valence-corrected chi connectivity index (χ1v) is 3.74. The van der Waals surface area contributed by atoms with E-state index in [-0.39, 0.29) is 12.4 Å². The van der Waals surface area contributed by atoms with Crippen LogP contribution in [0.3, 0.4) is 0 Å². The van der Waals surface area contributed by atoms with Gasteiger partial charge in [0.2, 0.25) is 0 Å². The highest BCUT2D eigenvalue weighted by atomic mass is 35.5. The fourth-order valence-electron chi connectivity index (χ4n) is 1.48. The normalized spacial score (nSPS) is 12.8. The molecule has 1 heterocycles. The number of hydrogen-bond acceptors (Lipinski definition) is 3. The Morgan fingerprint density at radius 3 is 3.00 bits per heavy atom. The Bertz CT molecular complexity index is 275. The maximum atomic E-state index is 5.35. The van der Waals surface area contributed by atoms with Crippen LogP contribution in [0.2, 0.25) is 0 Å². The van der Waals surface area contributed by atoms with Gasteiger partial charge in [0.15, 0.2) is 0 Å². The lowest BCUT2D eigenvalue weighted by atomic mass is 10.1. The van der Waals surface area contributed by atoms with E-state index < -0.39 is 0 Å². The third-order valence-electron chi connectivity index (χ3n) is 2.02. The molecule has 1 aliphatic heterocycles. The average molecular weight is 186 g/mol. The number of nitrogen functional groups attached to an aromatic ring is 1. The quantitative estimate of drug-likeness (QED) is 0.458. The number of anilines is 2. The number of hydrogen-bond donors (Lipinski definition) is 3. The molecule has 12 heavy (non-hydrogen) atoms. The summed E-state index contributed by atoms with van der Waals surface area (Å²) in [6.07, 6.45) is 1.07. The van der Waals surface area contributed by atoms with Crippen LogP contribution in [0, 0.1) is 0 Å². The van der Waals surface area contributed by atoms with Gasteiger partial charge in [-0.25, -0.2) is 0 Å². The lowest BCUT2D eigenvalue weighted by molar-refractivity contribution is 1.10. The van der Waals surface area contributed by atoms with Gasteiger partial charge in [-0.1, -0.05) is 6.07 Å². The van der Waals surface area contributed by atoms with Crippen molar-refractivity contribution < 1.29 is 0 Å². The predicted molar refractivity (Wildman–Crippen MR) is 53.7 cm³/mol. The topological polar surface area (TPSA) is 50.1 Å². The molecule has 4 N–H and O–H groups in total. The number of halogens is 1. The van der Waals surface area contributed by atoms with Gasteiger partial charge in [0.1, 0.15) is 0 Å². The van der Waals surface area contributed by atoms with E-state index in [0.717, 1.165) is 18.7 Å². The summed E-state index contributed by atoms with van der Waals surface area (Å²) in [5.41, 5.74) is 6.23. The van der Waals surface area contributed by atoms with Crippen molar-refractivity contribution in [3.8, 4) is 0 Å². The van der Waals surface area contributed by atoms with E-state index in [2.05, 4.69) is 16.8 Å². The molecule has 0 atom stereocenters. The zero-order chi connectivity index (χ0) is 7.68. The summed E-state index contributed by atoms with van der Waals surface area (Å²) >= 11 is 0. The van der Waals surface area contributed by atoms with Crippen LogP contribution in [-0.2, 0) is 6.42 Å². The molecular formula is C8H12ClN3. The summed E-state index contributed by atoms with van der Waals surface area (Å²) in [6, 6.07) is 6.06. The van der Waals surface area contributed by atoms with E-state index in [1.54, 1.807) is 0 Å². The summed E-state index contributed by atoms with van der Waals surface area (Å²) in [4.78, 5) is 0. The monoisotopic (exact) mass is 185 g/mol. The van der Waals surface area contributed by atoms with Crippen LogP contribution in [0.1, 0.15) is 5.56 Å². The van der Waals surface area contributed by atoms with E-state index in [1.807, 2.05) is 12.1 Å². The van der Waals surface area contributed by atoms with Gasteiger partial charge in [-0.2, -0.15) is 0 Å². The van der Waals surface area contributed by atoms with Gasteiger partial charge in [0, 0.05) is 17.8 Å². The number of nitrogens with two attached hydrogens (primary N) is 1. The van der Waals surface area contributed by atoms with Crippen molar-refractivity contribution in [3.63, 3.8) is 0 Å². The van der Waals surface area contributed by atoms with Gasteiger partial charge in [-0.05, 0) is 18.6 Å². The minimum atomic E-state index is 0. The summed E-state index contributed by atoms with van der Waals surface area (Å²) < 4.78 is 0. The number of hydrazine groups is 1. The molecule has 0 saturated heterocycles. The van der Waals surface area contributed by atoms with Crippen molar-refractivity contribution in [2.45, 2.75) is 6.42 Å². The zero-order valence-electron chi connectivity index (χ0n) is 6.63. The molecule has 0 aromatic heterocycles. The molecule has 0 saturated carbocycles. The van der Waals surface area contributed by atoms with Crippen LogP contribution in [-0.4, -0.2) is 6.54 Å². The lowest BCUT2D eigenvalue weighted by Crippen LogP contribution is -2.08. The standard InChI is InChI=1S/C8H11N3.ClH/c9-11-8-3-1-2-7-6(8)4-5-10-7;/h1-3,10-11H,4-5,9H2;1H. The molecule has 0 aliphatic carbocycles. The summed E-state index contributed by atoms with van der Waals surface area (Å²) in [5.74, 6) is 5.35. The lowest BCUT2D eigenvalue weighted by Gasteiger charge is -2.05. The van der Waals surface area contributed by atoms with Crippen LogP contribution in [0.4, 0.5) is 11.4 Å². The molecule has 0 radical (unpaired) electrons. The summed E-state index contributed by atoms with van der Waals surface area (Å²) in [6.45, 7) is 1.02. The van der Waals surface area contributed by atoms with Gasteiger partial charge in [-0.3, -0.25) is 5.84 Å². The van der Waals surface area contributed by atoms with Crippen molar-refractivity contribution in [1.29, 1.82) is 0 Å². The maximum Gasteiger partial charge on any atom is 0.0538 e. The van der Waals surface area contributed by atoms with Crippen molar-refractivity contribution in [3.05, 3.63) is 23.8 Å². The number of benzene rings is 1. The Labute approximate surface area is 77.7 Å². The minimum absolute atomic E-state index is 0. The molecule has 0 amide bonds. The average Bonchev–Trinajstić information content (AvgIpc) is 2.50. The number of nitrogens with one attached hydrogen (secondary N) is 2. The molecule has 3 nitrogen and oxygen atoms in total. The van der Waals surface area contributed by atoms with Gasteiger partial charge < -0.3 is 10.7 Å². The molecular weight excluding hydrogens is 174 g/mol. The van der Waals surface area contributed by atoms with Crippen LogP contribution in [0.15, 0.2) is 18.2 Å². The molecule has 66 valence electrons. The predicted octanol–water partition coefficient (Wildman–Crippen LogP) is 1.36. The second-order valence-electron chi connectivity index (χ2n) is 2.65. The number of fused-ring (bicyclic) bond motifs is 1. The molecule has 2 rings (SSSR count). The van der Waals surface area contributed by atoms with Gasteiger partial charge in [0.05, 0.1) is 5.69 Å². The molecule has 0 spiro atoms. The Morgan fingerprint density at radius 1 is 1.42 bits per heavy atom. The van der Waals surface area contributed by atoms with Crippen molar-refractivity contribution in [2.75, 3.05) is 17.3 Å². The largest absolute Gasteiger partial charge is 0.384 e. The summed E-state index contributed by atoms with van der Waals surface area (Å²) in [5, 5.41) is 3.28. The van der Waals surface area contributed by atoms with E-state index in [4.69, 9.17) is 5.84 Å². The Hall–Kier alpha value is -0.930. The molecule has 0 bridgehead atoms. The molecule has 1 aliphatic rings. The highest BCUT2D eigenvalue weighted by molar-refractivity contribution is 5.85. The molecule has 0 fully saturated rings. The van der Waals surface area contributed by atoms with Crippen LogP contribution < -0.4 is 16.6 Å². The molecule has 1 aromatic rings. The smallest absolute Gasteiger partial charge is 0.0538 e. The van der Waals surface area contributed by atoms with E-state index in [1.165, 1.54) is 11.3 Å². The first-order chi connectivity index (χ1) is 5.42. The van der Waals surface area contributed by atoms with E-state index in [9.17, 15) is 0 Å². The van der Waals surface area contributed by atoms with Crippen LogP contribution >= 0.6 is 12.4 Å². The Balaban J connectivity index is 0.000000720. The van der Waals surface area contributed by atoms with Gasteiger partial charge >= 0.3 is 0 Å². The van der Waals surface area contributed by atoms with Gasteiger partial charge in [-0.15, -0.1) is 12.4 Å². The minimum Gasteiger partial charge on any atom is -0.384 e. The molecule has 4 heteroatoms. The Kier molecular flexibility index (Phi) is 2.78. The van der Waals surface area contributed by atoms with Crippen molar-refractivity contribution >= 4 is 23.8 Å². The first-order valence-electron chi connectivity index (χ1n) is 3.74. The fraction of sp³-hybridized carbons (Fsp3) is 0.250. The van der Waals surface area contributed by atoms with Crippen molar-refractivity contribution in [2.24, 2.45) is 5.84 Å². The first kappa shape index (κ1) is 9.16. The zero-order valence-corrected chi connectivity index (χ0v) is 7.45. The van der Waals surface area contributed by atoms with Gasteiger partial charge in [0.25, 0.3) is 0 Å². The van der Waals surface area contributed by atoms with Crippen LogP contribution in [0.25, 0.3) is 0 Å².